The lowest BCUT2D eigenvalue weighted by Crippen LogP contribution is -2.42. The number of carboxylic acids is 1. The van der Waals surface area contributed by atoms with E-state index in [1.165, 1.54) is 0 Å². The van der Waals surface area contributed by atoms with Gasteiger partial charge in [-0.3, -0.25) is 4.79 Å². The minimum absolute atomic E-state index is 0.193. The van der Waals surface area contributed by atoms with Crippen molar-refractivity contribution in [1.82, 2.24) is 5.32 Å². The fourth-order valence-corrected chi connectivity index (χ4v) is 4.33. The number of carboxylic acid groups (broad SMARTS) is 1. The molecule has 5 aromatic rings. The Morgan fingerprint density at radius 1 is 0.750 bits per heavy atom. The largest absolute Gasteiger partial charge is 0.489 e. The second-order valence-electron chi connectivity index (χ2n) is 8.70. The van der Waals surface area contributed by atoms with E-state index in [-0.39, 0.29) is 6.42 Å². The average molecular weight is 476 g/mol. The summed E-state index contributed by atoms with van der Waals surface area (Å²) in [5.74, 6) is -0.754. The summed E-state index contributed by atoms with van der Waals surface area (Å²) in [4.78, 5) is 25.0. The molecule has 5 rings (SSSR count). The van der Waals surface area contributed by atoms with Gasteiger partial charge in [0.25, 0.3) is 5.91 Å². The molecule has 0 aromatic heterocycles. The first-order valence-corrected chi connectivity index (χ1v) is 11.8. The van der Waals surface area contributed by atoms with Crippen LogP contribution in [0.1, 0.15) is 21.5 Å². The molecule has 178 valence electrons. The van der Waals surface area contributed by atoms with Crippen LogP contribution in [0.15, 0.2) is 109 Å². The molecular formula is C31H25NO4. The van der Waals surface area contributed by atoms with Gasteiger partial charge in [-0.2, -0.15) is 0 Å². The number of rotatable bonds is 8. The first kappa shape index (κ1) is 23.1. The molecule has 0 heterocycles. The Bertz CT molecular complexity index is 1540. The lowest BCUT2D eigenvalue weighted by molar-refractivity contribution is -0.139. The Labute approximate surface area is 209 Å². The van der Waals surface area contributed by atoms with Crippen LogP contribution >= 0.6 is 0 Å². The van der Waals surface area contributed by atoms with Crippen LogP contribution in [0.25, 0.3) is 21.5 Å². The third-order valence-electron chi connectivity index (χ3n) is 6.23. The van der Waals surface area contributed by atoms with Crippen LogP contribution in [0.2, 0.25) is 0 Å². The van der Waals surface area contributed by atoms with Gasteiger partial charge in [-0.25, -0.2) is 4.79 Å². The van der Waals surface area contributed by atoms with Gasteiger partial charge in [0.1, 0.15) is 18.4 Å². The van der Waals surface area contributed by atoms with Crippen LogP contribution in [0.3, 0.4) is 0 Å². The molecule has 36 heavy (non-hydrogen) atoms. The van der Waals surface area contributed by atoms with Crippen LogP contribution < -0.4 is 10.1 Å². The lowest BCUT2D eigenvalue weighted by Gasteiger charge is -2.16. The van der Waals surface area contributed by atoms with E-state index >= 15 is 0 Å². The molecule has 1 amide bonds. The van der Waals surface area contributed by atoms with Gasteiger partial charge in [0.15, 0.2) is 0 Å². The second-order valence-corrected chi connectivity index (χ2v) is 8.70. The zero-order chi connectivity index (χ0) is 24.9. The number of aliphatic carboxylic acids is 1. The molecule has 0 bridgehead atoms. The van der Waals surface area contributed by atoms with Crippen LogP contribution in [0, 0.1) is 0 Å². The van der Waals surface area contributed by atoms with E-state index in [9.17, 15) is 14.7 Å². The molecule has 2 N–H and O–H groups in total. The summed E-state index contributed by atoms with van der Waals surface area (Å²) in [5, 5.41) is 16.3. The number of benzene rings is 5. The third kappa shape index (κ3) is 5.20. The van der Waals surface area contributed by atoms with E-state index in [2.05, 4.69) is 5.32 Å². The summed E-state index contributed by atoms with van der Waals surface area (Å²) in [6.07, 6.45) is 0.193. The summed E-state index contributed by atoms with van der Waals surface area (Å²) in [6, 6.07) is 33.5. The number of hydrogen-bond donors (Lipinski definition) is 2. The molecule has 5 nitrogen and oxygen atoms in total. The molecular weight excluding hydrogens is 450 g/mol. The summed E-state index contributed by atoms with van der Waals surface area (Å²) in [7, 11) is 0. The predicted molar refractivity (Wildman–Crippen MR) is 141 cm³/mol. The number of ether oxygens (including phenoxy) is 1. The maximum absolute atomic E-state index is 13.0. The Hall–Kier alpha value is -4.64. The number of amides is 1. The highest BCUT2D eigenvalue weighted by molar-refractivity contribution is 6.00. The van der Waals surface area contributed by atoms with E-state index in [1.807, 2.05) is 97.1 Å². The monoisotopic (exact) mass is 475 g/mol. The lowest BCUT2D eigenvalue weighted by atomic mass is 9.98. The van der Waals surface area contributed by atoms with Crippen molar-refractivity contribution in [3.8, 4) is 5.75 Å². The summed E-state index contributed by atoms with van der Waals surface area (Å²) < 4.78 is 5.90. The summed E-state index contributed by atoms with van der Waals surface area (Å²) in [5.41, 5.74) is 2.37. The number of nitrogens with one attached hydrogen (secondary N) is 1. The van der Waals surface area contributed by atoms with Gasteiger partial charge < -0.3 is 15.2 Å². The maximum Gasteiger partial charge on any atom is 0.326 e. The third-order valence-corrected chi connectivity index (χ3v) is 6.23. The average Bonchev–Trinajstić information content (AvgIpc) is 2.91. The van der Waals surface area contributed by atoms with Gasteiger partial charge >= 0.3 is 5.97 Å². The maximum atomic E-state index is 13.0. The van der Waals surface area contributed by atoms with Gasteiger partial charge in [0, 0.05) is 12.0 Å². The molecule has 5 aromatic carbocycles. The highest BCUT2D eigenvalue weighted by atomic mass is 16.5. The van der Waals surface area contributed by atoms with Crippen LogP contribution in [-0.2, 0) is 17.8 Å². The fourth-order valence-electron chi connectivity index (χ4n) is 4.33. The quantitative estimate of drug-likeness (QED) is 0.289. The van der Waals surface area contributed by atoms with Crippen LogP contribution in [-0.4, -0.2) is 23.0 Å². The first-order valence-electron chi connectivity index (χ1n) is 11.8. The van der Waals surface area contributed by atoms with Crippen LogP contribution in [0.4, 0.5) is 0 Å². The highest BCUT2D eigenvalue weighted by Crippen LogP contribution is 2.24. The molecule has 1 atom stereocenters. The Balaban J connectivity index is 1.30. The Morgan fingerprint density at radius 3 is 2.31 bits per heavy atom. The van der Waals surface area contributed by atoms with Crippen LogP contribution in [0.5, 0.6) is 5.75 Å². The molecule has 0 fully saturated rings. The van der Waals surface area contributed by atoms with Gasteiger partial charge in [-0.15, -0.1) is 0 Å². The van der Waals surface area contributed by atoms with Crippen molar-refractivity contribution >= 4 is 33.4 Å². The Morgan fingerprint density at radius 2 is 1.47 bits per heavy atom. The van der Waals surface area contributed by atoms with E-state index in [1.54, 1.807) is 12.1 Å². The molecule has 0 saturated heterocycles. The topological polar surface area (TPSA) is 75.6 Å². The highest BCUT2D eigenvalue weighted by Gasteiger charge is 2.22. The Kier molecular flexibility index (Phi) is 6.63. The standard InChI is InChI=1S/C31H25NO4/c33-30(32-29(31(34)35)19-25-11-6-10-22-9-4-5-12-28(22)25)26-14-13-24-18-27(16-15-23(24)17-26)36-20-21-7-2-1-3-8-21/h1-18,29H,19-20H2,(H,32,33)(H,34,35). The molecule has 5 heteroatoms. The predicted octanol–water partition coefficient (Wildman–Crippen LogP) is 6.00. The fraction of sp³-hybridized carbons (Fsp3) is 0.0968. The molecule has 1 unspecified atom stereocenters. The SMILES string of the molecule is O=C(NC(Cc1cccc2ccccc12)C(=O)O)c1ccc2cc(OCc3ccccc3)ccc2c1. The number of carbonyl (C=O) groups is 2. The zero-order valence-electron chi connectivity index (χ0n) is 19.6. The number of fused-ring (bicyclic) bond motifs is 2. The van der Waals surface area contributed by atoms with E-state index in [4.69, 9.17) is 4.74 Å². The van der Waals surface area contributed by atoms with Gasteiger partial charge in [0.05, 0.1) is 0 Å². The van der Waals surface area contributed by atoms with Crippen molar-refractivity contribution in [2.24, 2.45) is 0 Å². The zero-order valence-corrected chi connectivity index (χ0v) is 19.6. The molecule has 0 radical (unpaired) electrons. The summed E-state index contributed by atoms with van der Waals surface area (Å²) in [6.45, 7) is 0.472. The van der Waals surface area contributed by atoms with Crippen molar-refractivity contribution in [3.63, 3.8) is 0 Å². The van der Waals surface area contributed by atoms with E-state index < -0.39 is 17.9 Å². The number of carbonyl (C=O) groups excluding carboxylic acids is 1. The van der Waals surface area contributed by atoms with Crippen molar-refractivity contribution in [2.75, 3.05) is 0 Å². The smallest absolute Gasteiger partial charge is 0.326 e. The molecule has 0 aliphatic heterocycles. The second kappa shape index (κ2) is 10.3. The normalized spacial score (nSPS) is 11.8. The van der Waals surface area contributed by atoms with Crippen molar-refractivity contribution in [1.29, 1.82) is 0 Å². The van der Waals surface area contributed by atoms with Crippen molar-refractivity contribution in [3.05, 3.63) is 126 Å². The molecule has 0 saturated carbocycles. The van der Waals surface area contributed by atoms with Gasteiger partial charge in [0.2, 0.25) is 0 Å². The van der Waals surface area contributed by atoms with Gasteiger partial charge in [-0.1, -0.05) is 84.9 Å². The van der Waals surface area contributed by atoms with E-state index in [0.717, 1.165) is 38.4 Å². The molecule has 0 spiro atoms. The van der Waals surface area contributed by atoms with Crippen molar-refractivity contribution in [2.45, 2.75) is 19.1 Å². The van der Waals surface area contributed by atoms with Gasteiger partial charge in [-0.05, 0) is 56.9 Å². The molecule has 0 aliphatic rings. The minimum atomic E-state index is -1.07. The minimum Gasteiger partial charge on any atom is -0.489 e. The molecule has 0 aliphatic carbocycles. The number of hydrogen-bond acceptors (Lipinski definition) is 3. The van der Waals surface area contributed by atoms with Crippen molar-refractivity contribution < 1.29 is 19.4 Å². The summed E-state index contributed by atoms with van der Waals surface area (Å²) >= 11 is 0. The first-order chi connectivity index (χ1) is 17.6. The van der Waals surface area contributed by atoms with E-state index in [0.29, 0.717) is 12.2 Å².